The lowest BCUT2D eigenvalue weighted by molar-refractivity contribution is 0.174. The Morgan fingerprint density at radius 2 is 1.55 bits per heavy atom. The van der Waals surface area contributed by atoms with Crippen LogP contribution < -0.4 is 5.32 Å². The molecule has 4 aromatic rings. The molecular weight excluding hydrogens is 403 g/mol. The van der Waals surface area contributed by atoms with E-state index >= 15 is 0 Å². The number of nitrogens with zero attached hydrogens (tertiary/aromatic N) is 1. The molecule has 3 aromatic carbocycles. The second kappa shape index (κ2) is 9.02. The standard InChI is InChI=1S/C24H22Cl2N2O/c25-21-10-6-11-22(26)20(21)16-28-15-18(19-9-4-5-12-23(19)28)13-27-14-24(29)17-7-2-1-3-8-17/h1-12,15,24,27,29H,13-14,16H2/t24-/m0/s1. The van der Waals surface area contributed by atoms with Crippen LogP contribution in [0.3, 0.4) is 0 Å². The maximum Gasteiger partial charge on any atom is 0.0914 e. The van der Waals surface area contributed by atoms with E-state index in [-0.39, 0.29) is 0 Å². The largest absolute Gasteiger partial charge is 0.387 e. The van der Waals surface area contributed by atoms with Crippen molar-refractivity contribution in [3.05, 3.63) is 106 Å². The zero-order valence-corrected chi connectivity index (χ0v) is 17.4. The van der Waals surface area contributed by atoms with E-state index < -0.39 is 6.10 Å². The van der Waals surface area contributed by atoms with Crippen molar-refractivity contribution in [1.29, 1.82) is 0 Å². The van der Waals surface area contributed by atoms with Gasteiger partial charge in [-0.25, -0.2) is 0 Å². The third kappa shape index (κ3) is 4.49. The molecule has 2 N–H and O–H groups in total. The summed E-state index contributed by atoms with van der Waals surface area (Å²) >= 11 is 12.8. The molecule has 4 rings (SSSR count). The first-order valence-electron chi connectivity index (χ1n) is 9.57. The third-order valence-electron chi connectivity index (χ3n) is 5.10. The second-order valence-corrected chi connectivity index (χ2v) is 7.87. The second-order valence-electron chi connectivity index (χ2n) is 7.06. The number of rotatable bonds is 7. The Morgan fingerprint density at radius 1 is 0.862 bits per heavy atom. The fourth-order valence-electron chi connectivity index (χ4n) is 3.58. The predicted octanol–water partition coefficient (Wildman–Crippen LogP) is 5.82. The molecule has 0 bridgehead atoms. The molecule has 0 aliphatic heterocycles. The van der Waals surface area contributed by atoms with Crippen LogP contribution in [0.15, 0.2) is 79.0 Å². The highest BCUT2D eigenvalue weighted by Gasteiger charge is 2.12. The molecule has 1 aromatic heterocycles. The van der Waals surface area contributed by atoms with E-state index in [1.807, 2.05) is 60.7 Å². The Balaban J connectivity index is 1.53. The molecule has 0 aliphatic carbocycles. The van der Waals surface area contributed by atoms with Gasteiger partial charge in [-0.15, -0.1) is 0 Å². The molecule has 0 saturated heterocycles. The van der Waals surface area contributed by atoms with Crippen LogP contribution in [0.2, 0.25) is 10.0 Å². The first-order chi connectivity index (χ1) is 14.1. The van der Waals surface area contributed by atoms with Crippen molar-refractivity contribution in [3.8, 4) is 0 Å². The number of para-hydroxylation sites is 1. The fraction of sp³-hybridized carbons (Fsp3) is 0.167. The third-order valence-corrected chi connectivity index (χ3v) is 5.81. The summed E-state index contributed by atoms with van der Waals surface area (Å²) in [5.41, 5.74) is 4.12. The van der Waals surface area contributed by atoms with Crippen molar-refractivity contribution >= 4 is 34.1 Å². The highest BCUT2D eigenvalue weighted by atomic mass is 35.5. The quantitative estimate of drug-likeness (QED) is 0.392. The number of aromatic nitrogens is 1. The molecule has 0 aliphatic rings. The lowest BCUT2D eigenvalue weighted by Gasteiger charge is -2.12. The maximum absolute atomic E-state index is 10.4. The molecule has 0 fully saturated rings. The summed E-state index contributed by atoms with van der Waals surface area (Å²) in [5, 5.41) is 16.3. The van der Waals surface area contributed by atoms with Crippen LogP contribution in [-0.2, 0) is 13.1 Å². The smallest absolute Gasteiger partial charge is 0.0914 e. The van der Waals surface area contributed by atoms with E-state index in [1.165, 1.54) is 10.9 Å². The average molecular weight is 425 g/mol. The summed E-state index contributed by atoms with van der Waals surface area (Å²) in [4.78, 5) is 0. The van der Waals surface area contributed by atoms with Crippen LogP contribution in [0.1, 0.15) is 22.8 Å². The monoisotopic (exact) mass is 424 g/mol. The van der Waals surface area contributed by atoms with E-state index in [0.717, 1.165) is 16.6 Å². The Hall–Kier alpha value is -2.30. The van der Waals surface area contributed by atoms with Crippen LogP contribution in [0.4, 0.5) is 0 Å². The van der Waals surface area contributed by atoms with Crippen molar-refractivity contribution in [2.75, 3.05) is 6.54 Å². The Morgan fingerprint density at radius 3 is 2.31 bits per heavy atom. The summed E-state index contributed by atoms with van der Waals surface area (Å²) in [6.45, 7) is 1.75. The molecule has 148 valence electrons. The van der Waals surface area contributed by atoms with Crippen LogP contribution in [0, 0.1) is 0 Å². The zero-order chi connectivity index (χ0) is 20.2. The Kier molecular flexibility index (Phi) is 6.22. The number of aliphatic hydroxyl groups excluding tert-OH is 1. The molecule has 0 spiro atoms. The van der Waals surface area contributed by atoms with Crippen LogP contribution in [0.25, 0.3) is 10.9 Å². The molecule has 0 radical (unpaired) electrons. The maximum atomic E-state index is 10.4. The topological polar surface area (TPSA) is 37.2 Å². The molecule has 5 heteroatoms. The average Bonchev–Trinajstić information content (AvgIpc) is 3.09. The van der Waals surface area contributed by atoms with Gasteiger partial charge < -0.3 is 15.0 Å². The number of nitrogens with one attached hydrogen (secondary N) is 1. The van der Waals surface area contributed by atoms with Gasteiger partial charge in [0.05, 0.1) is 12.6 Å². The Labute approximate surface area is 180 Å². The number of fused-ring (bicyclic) bond motifs is 1. The van der Waals surface area contributed by atoms with Gasteiger partial charge in [0.1, 0.15) is 0 Å². The summed E-state index contributed by atoms with van der Waals surface area (Å²) in [7, 11) is 0. The van der Waals surface area contributed by atoms with E-state index in [1.54, 1.807) is 0 Å². The lowest BCUT2D eigenvalue weighted by atomic mass is 10.1. The minimum absolute atomic E-state index is 0.486. The van der Waals surface area contributed by atoms with Crippen molar-refractivity contribution in [1.82, 2.24) is 9.88 Å². The van der Waals surface area contributed by atoms with Gasteiger partial charge in [-0.3, -0.25) is 0 Å². The number of aliphatic hydroxyl groups is 1. The number of hydrogen-bond acceptors (Lipinski definition) is 2. The molecule has 1 atom stereocenters. The van der Waals surface area contributed by atoms with Gasteiger partial charge in [-0.2, -0.15) is 0 Å². The van der Waals surface area contributed by atoms with E-state index in [0.29, 0.717) is 29.7 Å². The first-order valence-corrected chi connectivity index (χ1v) is 10.3. The summed E-state index contributed by atoms with van der Waals surface area (Å²) in [6.07, 6.45) is 1.60. The lowest BCUT2D eigenvalue weighted by Crippen LogP contribution is -2.20. The van der Waals surface area contributed by atoms with Gasteiger partial charge in [-0.05, 0) is 29.3 Å². The Bertz CT molecular complexity index is 1090. The first kappa shape index (κ1) is 20.0. The van der Waals surface area contributed by atoms with Gasteiger partial charge in [0.15, 0.2) is 0 Å². The number of benzene rings is 3. The van der Waals surface area contributed by atoms with Crippen LogP contribution in [-0.4, -0.2) is 16.2 Å². The predicted molar refractivity (Wildman–Crippen MR) is 121 cm³/mol. The molecular formula is C24H22Cl2N2O. The highest BCUT2D eigenvalue weighted by Crippen LogP contribution is 2.28. The van der Waals surface area contributed by atoms with Gasteiger partial charge in [0, 0.05) is 45.8 Å². The number of hydrogen-bond donors (Lipinski definition) is 2. The van der Waals surface area contributed by atoms with Crippen LogP contribution >= 0.6 is 23.2 Å². The van der Waals surface area contributed by atoms with E-state index in [2.05, 4.69) is 28.2 Å². The summed E-state index contributed by atoms with van der Waals surface area (Å²) < 4.78 is 2.17. The van der Waals surface area contributed by atoms with Crippen molar-refractivity contribution < 1.29 is 5.11 Å². The molecule has 3 nitrogen and oxygen atoms in total. The van der Waals surface area contributed by atoms with Crippen molar-refractivity contribution in [2.45, 2.75) is 19.2 Å². The van der Waals surface area contributed by atoms with Gasteiger partial charge in [-0.1, -0.05) is 77.8 Å². The normalized spacial score (nSPS) is 12.4. The molecule has 0 amide bonds. The number of halogens is 2. The van der Waals surface area contributed by atoms with Crippen LogP contribution in [0.5, 0.6) is 0 Å². The molecule has 29 heavy (non-hydrogen) atoms. The van der Waals surface area contributed by atoms with Gasteiger partial charge in [0.2, 0.25) is 0 Å². The minimum atomic E-state index is -0.536. The molecule has 0 saturated carbocycles. The SMILES string of the molecule is O[C@@H](CNCc1cn(Cc2c(Cl)cccc2Cl)c2ccccc12)c1ccccc1. The molecule has 1 heterocycles. The fourth-order valence-corrected chi connectivity index (χ4v) is 4.10. The minimum Gasteiger partial charge on any atom is -0.387 e. The van der Waals surface area contributed by atoms with E-state index in [9.17, 15) is 5.11 Å². The zero-order valence-electron chi connectivity index (χ0n) is 15.9. The van der Waals surface area contributed by atoms with Gasteiger partial charge >= 0.3 is 0 Å². The highest BCUT2D eigenvalue weighted by molar-refractivity contribution is 6.36. The van der Waals surface area contributed by atoms with Crippen molar-refractivity contribution in [3.63, 3.8) is 0 Å². The summed E-state index contributed by atoms with van der Waals surface area (Å²) in [5.74, 6) is 0. The van der Waals surface area contributed by atoms with Crippen molar-refractivity contribution in [2.24, 2.45) is 0 Å². The summed E-state index contributed by atoms with van der Waals surface area (Å²) in [6, 6.07) is 23.6. The molecule has 0 unspecified atom stereocenters. The van der Waals surface area contributed by atoms with E-state index in [4.69, 9.17) is 23.2 Å². The van der Waals surface area contributed by atoms with Gasteiger partial charge in [0.25, 0.3) is 0 Å².